The average Bonchev–Trinajstić information content (AvgIpc) is 2.37. The van der Waals surface area contributed by atoms with Gasteiger partial charge in [0.25, 0.3) is 5.69 Å². The number of methoxy groups -OCH3 is 1. The number of nitro benzene ring substituents is 1. The Balaban J connectivity index is 3.05. The van der Waals surface area contributed by atoms with Gasteiger partial charge in [-0.2, -0.15) is 0 Å². The fourth-order valence-corrected chi connectivity index (χ4v) is 1.69. The Morgan fingerprint density at radius 1 is 1.58 bits per heavy atom. The highest BCUT2D eigenvalue weighted by atomic mass is 16.6. The SMILES string of the molecule is COc1ccc(N(C)CC(C)C(=O)O)c([N+](=O)[O-])c1. The van der Waals surface area contributed by atoms with E-state index in [1.807, 2.05) is 0 Å². The second-order valence-electron chi connectivity index (χ2n) is 4.23. The highest BCUT2D eigenvalue weighted by Gasteiger charge is 2.21. The summed E-state index contributed by atoms with van der Waals surface area (Å²) in [7, 11) is 3.04. The molecule has 19 heavy (non-hydrogen) atoms. The fraction of sp³-hybridized carbons (Fsp3) is 0.417. The zero-order valence-corrected chi connectivity index (χ0v) is 11.0. The molecule has 1 rings (SSSR count). The summed E-state index contributed by atoms with van der Waals surface area (Å²) in [4.78, 5) is 22.9. The predicted molar refractivity (Wildman–Crippen MR) is 69.7 cm³/mol. The Bertz CT molecular complexity index is 489. The molecule has 1 N–H and O–H groups in total. The van der Waals surface area contributed by atoms with Crippen LogP contribution in [0.5, 0.6) is 5.75 Å². The first-order chi connectivity index (χ1) is 8.86. The van der Waals surface area contributed by atoms with E-state index in [9.17, 15) is 14.9 Å². The number of carboxylic acid groups (broad SMARTS) is 1. The van der Waals surface area contributed by atoms with Gasteiger partial charge in [-0.3, -0.25) is 14.9 Å². The minimum atomic E-state index is -0.942. The summed E-state index contributed by atoms with van der Waals surface area (Å²) in [6, 6.07) is 4.47. The van der Waals surface area contributed by atoms with E-state index in [-0.39, 0.29) is 12.2 Å². The van der Waals surface area contributed by atoms with Crippen molar-refractivity contribution in [3.05, 3.63) is 28.3 Å². The van der Waals surface area contributed by atoms with Gasteiger partial charge in [0.05, 0.1) is 24.0 Å². The quantitative estimate of drug-likeness (QED) is 0.624. The molecule has 1 aromatic carbocycles. The van der Waals surface area contributed by atoms with Crippen LogP contribution in [0.2, 0.25) is 0 Å². The molecule has 7 heteroatoms. The van der Waals surface area contributed by atoms with Crippen molar-refractivity contribution < 1.29 is 19.6 Å². The molecule has 1 unspecified atom stereocenters. The van der Waals surface area contributed by atoms with Gasteiger partial charge in [0.2, 0.25) is 0 Å². The predicted octanol–water partition coefficient (Wildman–Crippen LogP) is 1.76. The summed E-state index contributed by atoms with van der Waals surface area (Å²) >= 11 is 0. The maximum absolute atomic E-state index is 11.0. The monoisotopic (exact) mass is 268 g/mol. The summed E-state index contributed by atoms with van der Waals surface area (Å²) in [5, 5.41) is 19.9. The number of ether oxygens (including phenoxy) is 1. The molecular formula is C12H16N2O5. The Hall–Kier alpha value is -2.31. The number of rotatable bonds is 6. The Morgan fingerprint density at radius 2 is 2.21 bits per heavy atom. The topological polar surface area (TPSA) is 92.9 Å². The summed E-state index contributed by atoms with van der Waals surface area (Å²) < 4.78 is 4.94. The van der Waals surface area contributed by atoms with E-state index < -0.39 is 16.8 Å². The highest BCUT2D eigenvalue weighted by molar-refractivity contribution is 5.71. The summed E-state index contributed by atoms with van der Waals surface area (Å²) in [6.07, 6.45) is 0. The number of carboxylic acids is 1. The van der Waals surface area contributed by atoms with Crippen molar-refractivity contribution >= 4 is 17.3 Å². The van der Waals surface area contributed by atoms with Gasteiger partial charge < -0.3 is 14.7 Å². The van der Waals surface area contributed by atoms with Crippen LogP contribution in [0.3, 0.4) is 0 Å². The summed E-state index contributed by atoms with van der Waals surface area (Å²) in [6.45, 7) is 1.73. The number of anilines is 1. The molecule has 0 saturated carbocycles. The smallest absolute Gasteiger partial charge is 0.308 e. The van der Waals surface area contributed by atoms with E-state index in [4.69, 9.17) is 9.84 Å². The van der Waals surface area contributed by atoms with Gasteiger partial charge in [0.1, 0.15) is 11.4 Å². The first kappa shape index (κ1) is 14.7. The first-order valence-electron chi connectivity index (χ1n) is 5.63. The van der Waals surface area contributed by atoms with Gasteiger partial charge in [-0.05, 0) is 12.1 Å². The van der Waals surface area contributed by atoms with E-state index in [1.54, 1.807) is 31.0 Å². The minimum Gasteiger partial charge on any atom is -0.496 e. The number of hydrogen-bond donors (Lipinski definition) is 1. The molecule has 1 aromatic rings. The molecule has 1 atom stereocenters. The summed E-state index contributed by atoms with van der Waals surface area (Å²) in [5.74, 6) is -1.18. The Morgan fingerprint density at radius 3 is 2.68 bits per heavy atom. The Kier molecular flexibility index (Phi) is 4.68. The third-order valence-corrected chi connectivity index (χ3v) is 2.76. The first-order valence-corrected chi connectivity index (χ1v) is 5.63. The van der Waals surface area contributed by atoms with Crippen LogP contribution in [0, 0.1) is 16.0 Å². The number of aliphatic carboxylic acids is 1. The van der Waals surface area contributed by atoms with Crippen molar-refractivity contribution in [3.63, 3.8) is 0 Å². The summed E-state index contributed by atoms with van der Waals surface area (Å²) in [5.41, 5.74) is 0.248. The number of hydrogen-bond acceptors (Lipinski definition) is 5. The highest BCUT2D eigenvalue weighted by Crippen LogP contribution is 2.31. The van der Waals surface area contributed by atoms with Crippen LogP contribution in [-0.4, -0.2) is 36.7 Å². The van der Waals surface area contributed by atoms with Crippen LogP contribution in [0.25, 0.3) is 0 Å². The number of nitro groups is 1. The van der Waals surface area contributed by atoms with E-state index >= 15 is 0 Å². The third-order valence-electron chi connectivity index (χ3n) is 2.76. The van der Waals surface area contributed by atoms with Gasteiger partial charge in [0, 0.05) is 13.6 Å². The molecule has 0 aromatic heterocycles. The molecule has 0 amide bonds. The van der Waals surface area contributed by atoms with Crippen molar-refractivity contribution in [3.8, 4) is 5.75 Å². The van der Waals surface area contributed by atoms with Gasteiger partial charge in [-0.25, -0.2) is 0 Å². The van der Waals surface area contributed by atoms with Gasteiger partial charge >= 0.3 is 5.97 Å². The van der Waals surface area contributed by atoms with Crippen molar-refractivity contribution in [2.45, 2.75) is 6.92 Å². The second kappa shape index (κ2) is 6.03. The lowest BCUT2D eigenvalue weighted by atomic mass is 10.1. The van der Waals surface area contributed by atoms with E-state index in [2.05, 4.69) is 0 Å². The largest absolute Gasteiger partial charge is 0.496 e. The maximum Gasteiger partial charge on any atom is 0.308 e. The van der Waals surface area contributed by atoms with Crippen LogP contribution in [0.4, 0.5) is 11.4 Å². The number of benzene rings is 1. The number of carbonyl (C=O) groups is 1. The van der Waals surface area contributed by atoms with E-state index in [0.717, 1.165) is 0 Å². The molecule has 0 aliphatic heterocycles. The van der Waals surface area contributed by atoms with Crippen LogP contribution >= 0.6 is 0 Å². The zero-order valence-electron chi connectivity index (χ0n) is 11.0. The van der Waals surface area contributed by atoms with Crippen LogP contribution in [0.1, 0.15) is 6.92 Å². The third kappa shape index (κ3) is 3.57. The van der Waals surface area contributed by atoms with Crippen LogP contribution < -0.4 is 9.64 Å². The molecule has 7 nitrogen and oxygen atoms in total. The average molecular weight is 268 g/mol. The van der Waals surface area contributed by atoms with E-state index in [1.165, 1.54) is 13.2 Å². The van der Waals surface area contributed by atoms with Crippen molar-refractivity contribution in [2.24, 2.45) is 5.92 Å². The zero-order chi connectivity index (χ0) is 14.6. The molecule has 0 aliphatic carbocycles. The number of nitrogens with zero attached hydrogens (tertiary/aromatic N) is 2. The van der Waals surface area contributed by atoms with Crippen molar-refractivity contribution in [2.75, 3.05) is 25.6 Å². The lowest BCUT2D eigenvalue weighted by Crippen LogP contribution is -2.28. The van der Waals surface area contributed by atoms with E-state index in [0.29, 0.717) is 11.4 Å². The van der Waals surface area contributed by atoms with Crippen LogP contribution in [-0.2, 0) is 4.79 Å². The fourth-order valence-electron chi connectivity index (χ4n) is 1.69. The standard InChI is InChI=1S/C12H16N2O5/c1-8(12(15)16)7-13(2)10-5-4-9(19-3)6-11(10)14(17)18/h4-6,8H,7H2,1-3H3,(H,15,16). The lowest BCUT2D eigenvalue weighted by Gasteiger charge is -2.21. The van der Waals surface area contributed by atoms with Gasteiger partial charge in [-0.1, -0.05) is 6.92 Å². The molecule has 0 bridgehead atoms. The van der Waals surface area contributed by atoms with Crippen molar-refractivity contribution in [1.82, 2.24) is 0 Å². The minimum absolute atomic E-state index is 0.112. The van der Waals surface area contributed by atoms with Gasteiger partial charge in [0.15, 0.2) is 0 Å². The molecule has 104 valence electrons. The molecule has 0 spiro atoms. The molecule has 0 aliphatic rings. The molecule has 0 radical (unpaired) electrons. The lowest BCUT2D eigenvalue weighted by molar-refractivity contribution is -0.384. The second-order valence-corrected chi connectivity index (χ2v) is 4.23. The molecule has 0 heterocycles. The normalized spacial score (nSPS) is 11.7. The van der Waals surface area contributed by atoms with Crippen LogP contribution in [0.15, 0.2) is 18.2 Å². The van der Waals surface area contributed by atoms with Gasteiger partial charge in [-0.15, -0.1) is 0 Å². The molecule has 0 saturated heterocycles. The maximum atomic E-state index is 11.0. The van der Waals surface area contributed by atoms with Crippen molar-refractivity contribution in [1.29, 1.82) is 0 Å². The molecular weight excluding hydrogens is 252 g/mol. The molecule has 0 fully saturated rings. The Labute approximate surface area is 110 Å².